The average Bonchev–Trinajstić information content (AvgIpc) is 2.64. The largest absolute Gasteiger partial charge is 0.487 e. The molecule has 0 spiro atoms. The molecule has 3 nitrogen and oxygen atoms in total. The summed E-state index contributed by atoms with van der Waals surface area (Å²) in [5, 5.41) is 3.77. The Morgan fingerprint density at radius 3 is 2.67 bits per heavy atom. The Morgan fingerprint density at radius 2 is 2.07 bits per heavy atom. The number of hydrogen-bond donors (Lipinski definition) is 0. The van der Waals surface area contributed by atoms with Crippen LogP contribution in [0, 0.1) is 12.7 Å². The van der Waals surface area contributed by atoms with Crippen molar-refractivity contribution >= 4 is 0 Å². The van der Waals surface area contributed by atoms with Gasteiger partial charge in [0.15, 0.2) is 0 Å². The summed E-state index contributed by atoms with van der Waals surface area (Å²) in [5.41, 5.74) is 0.719. The minimum absolute atomic E-state index is 0.278. The maximum atomic E-state index is 12.6. The summed E-state index contributed by atoms with van der Waals surface area (Å²) in [6.45, 7) is 2.14. The smallest absolute Gasteiger partial charge is 0.134 e. The summed E-state index contributed by atoms with van der Waals surface area (Å²) in [6, 6.07) is 7.64. The average molecular weight is 207 g/mol. The van der Waals surface area contributed by atoms with E-state index in [1.54, 1.807) is 18.2 Å². The van der Waals surface area contributed by atoms with Crippen LogP contribution in [0.25, 0.3) is 0 Å². The molecule has 78 valence electrons. The number of aromatic nitrogens is 1. The molecule has 0 unspecified atom stereocenters. The van der Waals surface area contributed by atoms with Gasteiger partial charge in [0, 0.05) is 6.07 Å². The van der Waals surface area contributed by atoms with Crippen LogP contribution in [0.4, 0.5) is 4.39 Å². The molecule has 0 atom stereocenters. The molecule has 0 amide bonds. The highest BCUT2D eigenvalue weighted by Crippen LogP contribution is 2.13. The molecule has 0 saturated heterocycles. The molecule has 0 aliphatic heterocycles. The fraction of sp³-hybridized carbons (Fsp3) is 0.182. The van der Waals surface area contributed by atoms with Crippen molar-refractivity contribution in [1.29, 1.82) is 0 Å². The number of ether oxygens (including phenoxy) is 1. The van der Waals surface area contributed by atoms with Crippen LogP contribution in [-0.2, 0) is 6.61 Å². The zero-order chi connectivity index (χ0) is 10.7. The van der Waals surface area contributed by atoms with Gasteiger partial charge in [0.2, 0.25) is 0 Å². The van der Waals surface area contributed by atoms with Gasteiger partial charge in [0.25, 0.3) is 0 Å². The minimum atomic E-state index is -0.278. The molecule has 4 heteroatoms. The van der Waals surface area contributed by atoms with Crippen LogP contribution in [0.5, 0.6) is 5.75 Å². The van der Waals surface area contributed by atoms with Crippen molar-refractivity contribution < 1.29 is 13.7 Å². The first-order valence-electron chi connectivity index (χ1n) is 4.54. The van der Waals surface area contributed by atoms with Crippen LogP contribution in [0.15, 0.2) is 34.9 Å². The van der Waals surface area contributed by atoms with E-state index >= 15 is 0 Å². The van der Waals surface area contributed by atoms with Crippen molar-refractivity contribution in [3.05, 3.63) is 47.6 Å². The highest BCUT2D eigenvalue weighted by molar-refractivity contribution is 5.22. The lowest BCUT2D eigenvalue weighted by molar-refractivity contribution is 0.287. The Bertz CT molecular complexity index is 436. The molecule has 0 N–H and O–H groups in total. The van der Waals surface area contributed by atoms with Gasteiger partial charge in [-0.1, -0.05) is 5.16 Å². The summed E-state index contributed by atoms with van der Waals surface area (Å²) in [6.07, 6.45) is 0. The lowest BCUT2D eigenvalue weighted by Crippen LogP contribution is -1.95. The number of hydrogen-bond acceptors (Lipinski definition) is 3. The summed E-state index contributed by atoms with van der Waals surface area (Å²) in [7, 11) is 0. The molecule has 0 aliphatic rings. The van der Waals surface area contributed by atoms with Crippen LogP contribution >= 0.6 is 0 Å². The van der Waals surface area contributed by atoms with E-state index in [0.29, 0.717) is 12.4 Å². The fourth-order valence-corrected chi connectivity index (χ4v) is 1.17. The summed E-state index contributed by atoms with van der Waals surface area (Å²) in [5.74, 6) is 1.07. The second kappa shape index (κ2) is 4.13. The van der Waals surface area contributed by atoms with Crippen molar-refractivity contribution in [3.8, 4) is 5.75 Å². The van der Waals surface area contributed by atoms with Crippen LogP contribution in [0.2, 0.25) is 0 Å². The van der Waals surface area contributed by atoms with Gasteiger partial charge >= 0.3 is 0 Å². The van der Waals surface area contributed by atoms with Crippen molar-refractivity contribution in [2.24, 2.45) is 0 Å². The Balaban J connectivity index is 1.96. The Hall–Kier alpha value is -1.84. The third-order valence-corrected chi connectivity index (χ3v) is 1.88. The van der Waals surface area contributed by atoms with Gasteiger partial charge in [0.1, 0.15) is 29.6 Å². The fourth-order valence-electron chi connectivity index (χ4n) is 1.17. The second-order valence-corrected chi connectivity index (χ2v) is 3.17. The van der Waals surface area contributed by atoms with Crippen molar-refractivity contribution in [2.75, 3.05) is 0 Å². The SMILES string of the molecule is Cc1cc(COc2ccc(F)cc2)no1. The summed E-state index contributed by atoms with van der Waals surface area (Å²) >= 11 is 0. The van der Waals surface area contributed by atoms with Crippen molar-refractivity contribution in [2.45, 2.75) is 13.5 Å². The molecule has 0 saturated carbocycles. The highest BCUT2D eigenvalue weighted by Gasteiger charge is 2.01. The molecule has 0 radical (unpaired) electrons. The van der Waals surface area contributed by atoms with E-state index in [4.69, 9.17) is 9.26 Å². The zero-order valence-electron chi connectivity index (χ0n) is 8.24. The van der Waals surface area contributed by atoms with Gasteiger partial charge in [-0.15, -0.1) is 0 Å². The van der Waals surface area contributed by atoms with Gasteiger partial charge in [-0.05, 0) is 31.2 Å². The van der Waals surface area contributed by atoms with Gasteiger partial charge in [-0.25, -0.2) is 4.39 Å². The molecule has 1 heterocycles. The molecule has 1 aromatic heterocycles. The number of nitrogens with zero attached hydrogens (tertiary/aromatic N) is 1. The third-order valence-electron chi connectivity index (χ3n) is 1.88. The number of rotatable bonds is 3. The van der Waals surface area contributed by atoms with Crippen LogP contribution in [-0.4, -0.2) is 5.16 Å². The summed E-state index contributed by atoms with van der Waals surface area (Å²) in [4.78, 5) is 0. The summed E-state index contributed by atoms with van der Waals surface area (Å²) < 4.78 is 22.8. The minimum Gasteiger partial charge on any atom is -0.487 e. The molecule has 2 rings (SSSR count). The molecule has 0 aliphatic carbocycles. The standard InChI is InChI=1S/C11H10FNO2/c1-8-6-10(13-15-8)7-14-11-4-2-9(12)3-5-11/h2-6H,7H2,1H3. The van der Waals surface area contributed by atoms with E-state index in [1.807, 2.05) is 6.92 Å². The maximum Gasteiger partial charge on any atom is 0.134 e. The van der Waals surface area contributed by atoms with Crippen molar-refractivity contribution in [3.63, 3.8) is 0 Å². The molecular formula is C11H10FNO2. The number of benzene rings is 1. The predicted octanol–water partition coefficient (Wildman–Crippen LogP) is 2.70. The van der Waals surface area contributed by atoms with E-state index in [1.165, 1.54) is 12.1 Å². The van der Waals surface area contributed by atoms with Crippen LogP contribution < -0.4 is 4.74 Å². The molecule has 15 heavy (non-hydrogen) atoms. The van der Waals surface area contributed by atoms with E-state index < -0.39 is 0 Å². The normalized spacial score (nSPS) is 10.3. The number of aryl methyl sites for hydroxylation is 1. The third kappa shape index (κ3) is 2.56. The van der Waals surface area contributed by atoms with Crippen molar-refractivity contribution in [1.82, 2.24) is 5.16 Å². The first-order valence-corrected chi connectivity index (χ1v) is 4.54. The monoisotopic (exact) mass is 207 g/mol. The van der Waals surface area contributed by atoms with Gasteiger partial charge < -0.3 is 9.26 Å². The lowest BCUT2D eigenvalue weighted by Gasteiger charge is -2.02. The maximum absolute atomic E-state index is 12.6. The van der Waals surface area contributed by atoms with Crippen LogP contribution in [0.3, 0.4) is 0 Å². The van der Waals surface area contributed by atoms with Gasteiger partial charge in [0.05, 0.1) is 0 Å². The van der Waals surface area contributed by atoms with E-state index in [9.17, 15) is 4.39 Å². The Labute approximate surface area is 86.5 Å². The molecule has 2 aromatic rings. The van der Waals surface area contributed by atoms with E-state index in [0.717, 1.165) is 11.5 Å². The van der Waals surface area contributed by atoms with Crippen LogP contribution in [0.1, 0.15) is 11.5 Å². The van der Waals surface area contributed by atoms with Gasteiger partial charge in [-0.2, -0.15) is 0 Å². The zero-order valence-corrected chi connectivity index (χ0v) is 8.24. The van der Waals surface area contributed by atoms with Gasteiger partial charge in [-0.3, -0.25) is 0 Å². The lowest BCUT2D eigenvalue weighted by atomic mass is 10.3. The highest BCUT2D eigenvalue weighted by atomic mass is 19.1. The van der Waals surface area contributed by atoms with E-state index in [-0.39, 0.29) is 5.82 Å². The molecular weight excluding hydrogens is 197 g/mol. The Morgan fingerprint density at radius 1 is 1.33 bits per heavy atom. The topological polar surface area (TPSA) is 35.3 Å². The molecule has 0 fully saturated rings. The quantitative estimate of drug-likeness (QED) is 0.776. The second-order valence-electron chi connectivity index (χ2n) is 3.17. The van der Waals surface area contributed by atoms with E-state index in [2.05, 4.69) is 5.16 Å². The predicted molar refractivity (Wildman–Crippen MR) is 52.0 cm³/mol. The first-order chi connectivity index (χ1) is 7.24. The molecule has 1 aromatic carbocycles. The molecule has 0 bridgehead atoms. The number of halogens is 1. The first kappa shape index (κ1) is 9.71. The Kier molecular flexibility index (Phi) is 2.67.